The van der Waals surface area contributed by atoms with Gasteiger partial charge >= 0.3 is 0 Å². The van der Waals surface area contributed by atoms with Gasteiger partial charge in [0.2, 0.25) is 0 Å². The fourth-order valence-electron chi connectivity index (χ4n) is 0.793. The Hall–Kier alpha value is -0.410. The van der Waals surface area contributed by atoms with Gasteiger partial charge in [-0.05, 0) is 34.1 Å². The number of hydrogen-bond donors (Lipinski definition) is 1. The molecule has 0 atom stereocenters. The summed E-state index contributed by atoms with van der Waals surface area (Å²) in [5.74, 6) is 0.132. The minimum atomic E-state index is -0.256. The molecule has 0 aromatic rings. The third-order valence-electron chi connectivity index (χ3n) is 1.63. The molecule has 3 nitrogen and oxygen atoms in total. The smallest absolute Gasteiger partial charge is 0.158 e. The van der Waals surface area contributed by atoms with Crippen molar-refractivity contribution in [3.63, 3.8) is 0 Å². The number of rotatable bonds is 6. The number of carbonyl (C=O) groups excluding carboxylic acids is 1. The third kappa shape index (κ3) is 9.50. The van der Waals surface area contributed by atoms with E-state index in [0.717, 1.165) is 0 Å². The summed E-state index contributed by atoms with van der Waals surface area (Å²) in [6.45, 7) is 7.89. The van der Waals surface area contributed by atoms with Gasteiger partial charge in [0.15, 0.2) is 5.78 Å². The van der Waals surface area contributed by atoms with Crippen LogP contribution in [0.5, 0.6) is 0 Å². The molecule has 0 aliphatic carbocycles. The Morgan fingerprint density at radius 2 is 2.00 bits per heavy atom. The van der Waals surface area contributed by atoms with E-state index in [1.54, 1.807) is 0 Å². The molecule has 0 fully saturated rings. The molecule has 3 heteroatoms. The van der Waals surface area contributed by atoms with Crippen molar-refractivity contribution in [1.82, 2.24) is 0 Å². The molecular formula is C10H21NO2. The van der Waals surface area contributed by atoms with Crippen molar-refractivity contribution < 1.29 is 9.53 Å². The summed E-state index contributed by atoms with van der Waals surface area (Å²) in [6.07, 6.45) is 1.35. The first-order valence-electron chi connectivity index (χ1n) is 4.73. The Labute approximate surface area is 80.6 Å². The van der Waals surface area contributed by atoms with Crippen LogP contribution in [0.4, 0.5) is 0 Å². The van der Waals surface area contributed by atoms with Crippen LogP contribution >= 0.6 is 0 Å². The highest BCUT2D eigenvalue weighted by molar-refractivity contribution is 5.79. The molecule has 0 aromatic heterocycles. The van der Waals surface area contributed by atoms with Gasteiger partial charge in [0.25, 0.3) is 0 Å². The molecule has 0 rings (SSSR count). The summed E-state index contributed by atoms with van der Waals surface area (Å²) in [5, 5.41) is 0. The largest absolute Gasteiger partial charge is 0.371 e. The zero-order valence-corrected chi connectivity index (χ0v) is 9.09. The Bertz CT molecular complexity index is 159. The van der Waals surface area contributed by atoms with Crippen LogP contribution in [0.15, 0.2) is 0 Å². The summed E-state index contributed by atoms with van der Waals surface area (Å²) < 4.78 is 5.18. The number of ketones is 1. The van der Waals surface area contributed by atoms with E-state index < -0.39 is 0 Å². The van der Waals surface area contributed by atoms with E-state index in [-0.39, 0.29) is 24.0 Å². The second-order valence-corrected chi connectivity index (χ2v) is 4.39. The fraction of sp³-hybridized carbons (Fsp3) is 0.900. The molecular weight excluding hydrogens is 166 g/mol. The SMILES string of the molecule is CC(C)OCC(=O)CCC(C)(C)N. The van der Waals surface area contributed by atoms with Crippen LogP contribution in [0, 0.1) is 0 Å². The van der Waals surface area contributed by atoms with Crippen molar-refractivity contribution in [2.75, 3.05) is 6.61 Å². The standard InChI is InChI=1S/C10H21NO2/c1-8(2)13-7-9(12)5-6-10(3,4)11/h8H,5-7,11H2,1-4H3. The van der Waals surface area contributed by atoms with Crippen LogP contribution in [0.2, 0.25) is 0 Å². The molecule has 78 valence electrons. The van der Waals surface area contributed by atoms with Crippen LogP contribution < -0.4 is 5.73 Å². The molecule has 0 radical (unpaired) electrons. The third-order valence-corrected chi connectivity index (χ3v) is 1.63. The molecule has 0 aliphatic rings. The maximum absolute atomic E-state index is 11.2. The summed E-state index contributed by atoms with van der Waals surface area (Å²) in [6, 6.07) is 0. The van der Waals surface area contributed by atoms with E-state index in [9.17, 15) is 4.79 Å². The Morgan fingerprint density at radius 1 is 1.46 bits per heavy atom. The highest BCUT2D eigenvalue weighted by atomic mass is 16.5. The number of Topliss-reactive ketones (excluding diaryl/α,β-unsaturated/α-hetero) is 1. The molecule has 0 heterocycles. The summed E-state index contributed by atoms with van der Waals surface area (Å²) >= 11 is 0. The average Bonchev–Trinajstić information content (AvgIpc) is 1.95. The van der Waals surface area contributed by atoms with Crippen LogP contribution in [0.25, 0.3) is 0 Å². The van der Waals surface area contributed by atoms with E-state index in [4.69, 9.17) is 10.5 Å². The molecule has 0 spiro atoms. The van der Waals surface area contributed by atoms with Gasteiger partial charge < -0.3 is 10.5 Å². The molecule has 0 amide bonds. The van der Waals surface area contributed by atoms with Crippen molar-refractivity contribution >= 4 is 5.78 Å². The van der Waals surface area contributed by atoms with Gasteiger partial charge in [-0.2, -0.15) is 0 Å². The first-order chi connectivity index (χ1) is 5.81. The maximum Gasteiger partial charge on any atom is 0.158 e. The van der Waals surface area contributed by atoms with Crippen LogP contribution in [0.3, 0.4) is 0 Å². The van der Waals surface area contributed by atoms with Crippen molar-refractivity contribution in [2.24, 2.45) is 5.73 Å². The maximum atomic E-state index is 11.2. The lowest BCUT2D eigenvalue weighted by Crippen LogP contribution is -2.32. The van der Waals surface area contributed by atoms with E-state index in [2.05, 4.69) is 0 Å². The minimum absolute atomic E-state index is 0.120. The van der Waals surface area contributed by atoms with Gasteiger partial charge in [0, 0.05) is 12.0 Å². The van der Waals surface area contributed by atoms with Gasteiger partial charge in [0.05, 0.1) is 6.10 Å². The van der Waals surface area contributed by atoms with Crippen molar-refractivity contribution in [2.45, 2.75) is 52.2 Å². The average molecular weight is 187 g/mol. The lowest BCUT2D eigenvalue weighted by Gasteiger charge is -2.17. The zero-order chi connectivity index (χ0) is 10.5. The Kier molecular flexibility index (Phi) is 5.18. The van der Waals surface area contributed by atoms with Crippen molar-refractivity contribution in [1.29, 1.82) is 0 Å². The molecule has 0 aromatic carbocycles. The fourth-order valence-corrected chi connectivity index (χ4v) is 0.793. The van der Waals surface area contributed by atoms with Gasteiger partial charge in [-0.25, -0.2) is 0 Å². The van der Waals surface area contributed by atoms with Gasteiger partial charge in [0.1, 0.15) is 6.61 Å². The lowest BCUT2D eigenvalue weighted by atomic mass is 9.99. The molecule has 0 saturated heterocycles. The second-order valence-electron chi connectivity index (χ2n) is 4.39. The van der Waals surface area contributed by atoms with Gasteiger partial charge in [-0.1, -0.05) is 0 Å². The van der Waals surface area contributed by atoms with Crippen molar-refractivity contribution in [3.8, 4) is 0 Å². The summed E-state index contributed by atoms with van der Waals surface area (Å²) in [5.41, 5.74) is 5.49. The molecule has 0 unspecified atom stereocenters. The number of carbonyl (C=O) groups is 1. The van der Waals surface area contributed by atoms with E-state index in [1.165, 1.54) is 0 Å². The minimum Gasteiger partial charge on any atom is -0.371 e. The van der Waals surface area contributed by atoms with Crippen LogP contribution in [0.1, 0.15) is 40.5 Å². The normalized spacial score (nSPS) is 12.2. The highest BCUT2D eigenvalue weighted by Gasteiger charge is 2.13. The number of ether oxygens (including phenoxy) is 1. The number of nitrogens with two attached hydrogens (primary N) is 1. The van der Waals surface area contributed by atoms with E-state index in [1.807, 2.05) is 27.7 Å². The van der Waals surface area contributed by atoms with Crippen molar-refractivity contribution in [3.05, 3.63) is 0 Å². The van der Waals surface area contributed by atoms with E-state index >= 15 is 0 Å². The van der Waals surface area contributed by atoms with Gasteiger partial charge in [-0.3, -0.25) is 4.79 Å². The van der Waals surface area contributed by atoms with E-state index in [0.29, 0.717) is 12.8 Å². The summed E-state index contributed by atoms with van der Waals surface area (Å²) in [7, 11) is 0. The predicted molar refractivity (Wildman–Crippen MR) is 53.6 cm³/mol. The molecule has 13 heavy (non-hydrogen) atoms. The quantitative estimate of drug-likeness (QED) is 0.685. The monoisotopic (exact) mass is 187 g/mol. The predicted octanol–water partition coefficient (Wildman–Crippen LogP) is 1.50. The molecule has 0 saturated carbocycles. The van der Waals surface area contributed by atoms with Gasteiger partial charge in [-0.15, -0.1) is 0 Å². The second kappa shape index (κ2) is 5.35. The van der Waals surface area contributed by atoms with Crippen LogP contribution in [-0.4, -0.2) is 24.0 Å². The lowest BCUT2D eigenvalue weighted by molar-refractivity contribution is -0.125. The molecule has 0 aliphatic heterocycles. The zero-order valence-electron chi connectivity index (χ0n) is 9.09. The first-order valence-corrected chi connectivity index (χ1v) is 4.73. The molecule has 0 bridgehead atoms. The topological polar surface area (TPSA) is 52.3 Å². The van der Waals surface area contributed by atoms with Crippen LogP contribution in [-0.2, 0) is 9.53 Å². The highest BCUT2D eigenvalue weighted by Crippen LogP contribution is 2.07. The Balaban J connectivity index is 3.53. The number of hydrogen-bond acceptors (Lipinski definition) is 3. The Morgan fingerprint density at radius 3 is 2.38 bits per heavy atom. The summed E-state index contributed by atoms with van der Waals surface area (Å²) in [4.78, 5) is 11.2. The molecule has 2 N–H and O–H groups in total. The first kappa shape index (κ1) is 12.6.